The number of rotatable bonds is 2. The van der Waals surface area contributed by atoms with Gasteiger partial charge in [0.25, 0.3) is 0 Å². The van der Waals surface area contributed by atoms with Gasteiger partial charge in [0.05, 0.1) is 11.3 Å². The number of hydrogen-bond acceptors (Lipinski definition) is 3. The molecule has 0 unspecified atom stereocenters. The number of alkyl halides is 3. The van der Waals surface area contributed by atoms with E-state index in [9.17, 15) is 17.6 Å². The molecule has 0 fully saturated rings. The Labute approximate surface area is 116 Å². The maximum Gasteiger partial charge on any atom is 0.416 e. The molecule has 3 nitrogen and oxygen atoms in total. The molecular formula is C12H8ClF4N3. The van der Waals surface area contributed by atoms with Crippen molar-refractivity contribution in [2.75, 3.05) is 5.32 Å². The highest BCUT2D eigenvalue weighted by Crippen LogP contribution is 2.32. The van der Waals surface area contributed by atoms with Crippen LogP contribution in [-0.2, 0) is 6.18 Å². The van der Waals surface area contributed by atoms with Crippen molar-refractivity contribution in [1.82, 2.24) is 9.97 Å². The quantitative estimate of drug-likeness (QED) is 0.662. The highest BCUT2D eigenvalue weighted by molar-refractivity contribution is 6.29. The summed E-state index contributed by atoms with van der Waals surface area (Å²) in [5, 5.41) is 2.56. The summed E-state index contributed by atoms with van der Waals surface area (Å²) in [5.74, 6) is -0.404. The van der Waals surface area contributed by atoms with E-state index in [1.165, 1.54) is 6.07 Å². The van der Waals surface area contributed by atoms with Gasteiger partial charge in [0.1, 0.15) is 22.6 Å². The maximum absolute atomic E-state index is 13.5. The molecule has 1 heterocycles. The Morgan fingerprint density at radius 1 is 1.15 bits per heavy atom. The van der Waals surface area contributed by atoms with Crippen LogP contribution in [-0.4, -0.2) is 9.97 Å². The van der Waals surface area contributed by atoms with Gasteiger partial charge >= 0.3 is 6.18 Å². The number of benzene rings is 1. The molecule has 2 rings (SSSR count). The lowest BCUT2D eigenvalue weighted by molar-refractivity contribution is -0.137. The van der Waals surface area contributed by atoms with Gasteiger partial charge in [-0.05, 0) is 25.1 Å². The van der Waals surface area contributed by atoms with Gasteiger partial charge in [0, 0.05) is 6.07 Å². The lowest BCUT2D eigenvalue weighted by atomic mass is 10.2. The summed E-state index contributed by atoms with van der Waals surface area (Å²) in [5.41, 5.74) is -1.30. The number of anilines is 2. The van der Waals surface area contributed by atoms with Gasteiger partial charge in [-0.1, -0.05) is 11.6 Å². The highest BCUT2D eigenvalue weighted by Gasteiger charge is 2.31. The Morgan fingerprint density at radius 3 is 2.45 bits per heavy atom. The van der Waals surface area contributed by atoms with Crippen LogP contribution in [0.3, 0.4) is 0 Å². The number of halogens is 5. The molecule has 0 radical (unpaired) electrons. The smallest absolute Gasteiger partial charge is 0.338 e. The van der Waals surface area contributed by atoms with Crippen molar-refractivity contribution >= 4 is 23.1 Å². The van der Waals surface area contributed by atoms with E-state index in [1.807, 2.05) is 0 Å². The van der Waals surface area contributed by atoms with E-state index in [0.29, 0.717) is 18.0 Å². The minimum atomic E-state index is -4.55. The van der Waals surface area contributed by atoms with Crippen LogP contribution < -0.4 is 5.32 Å². The van der Waals surface area contributed by atoms with Crippen molar-refractivity contribution in [2.45, 2.75) is 13.1 Å². The lowest BCUT2D eigenvalue weighted by Crippen LogP contribution is -2.07. The third-order valence-corrected chi connectivity index (χ3v) is 2.56. The number of nitrogens with zero attached hydrogens (tertiary/aromatic N) is 2. The van der Waals surface area contributed by atoms with Gasteiger partial charge in [-0.3, -0.25) is 0 Å². The first-order valence-electron chi connectivity index (χ1n) is 5.40. The van der Waals surface area contributed by atoms with Crippen molar-refractivity contribution in [1.29, 1.82) is 0 Å². The molecule has 0 saturated carbocycles. The highest BCUT2D eigenvalue weighted by atomic mass is 35.5. The third kappa shape index (κ3) is 3.36. The molecule has 2 aromatic rings. The van der Waals surface area contributed by atoms with E-state index < -0.39 is 17.6 Å². The third-order valence-electron chi connectivity index (χ3n) is 2.36. The van der Waals surface area contributed by atoms with Crippen molar-refractivity contribution in [3.63, 3.8) is 0 Å². The minimum Gasteiger partial charge on any atom is -0.338 e. The van der Waals surface area contributed by atoms with Gasteiger partial charge in [-0.25, -0.2) is 14.4 Å². The Morgan fingerprint density at radius 2 is 1.85 bits per heavy atom. The maximum atomic E-state index is 13.5. The van der Waals surface area contributed by atoms with Crippen LogP contribution in [0.2, 0.25) is 5.15 Å². The first kappa shape index (κ1) is 14.5. The first-order chi connectivity index (χ1) is 9.25. The first-order valence-corrected chi connectivity index (χ1v) is 5.78. The molecule has 1 aromatic carbocycles. The zero-order valence-electron chi connectivity index (χ0n) is 10.1. The fraction of sp³-hybridized carbons (Fsp3) is 0.167. The molecule has 0 saturated heterocycles. The number of nitrogens with one attached hydrogen (secondary N) is 1. The summed E-state index contributed by atoms with van der Waals surface area (Å²) in [4.78, 5) is 7.70. The van der Waals surface area contributed by atoms with E-state index in [-0.39, 0.29) is 16.7 Å². The summed E-state index contributed by atoms with van der Waals surface area (Å²) in [6.07, 6.45) is -4.55. The summed E-state index contributed by atoms with van der Waals surface area (Å²) < 4.78 is 51.2. The second kappa shape index (κ2) is 5.24. The van der Waals surface area contributed by atoms with Crippen LogP contribution in [0.1, 0.15) is 11.4 Å². The van der Waals surface area contributed by atoms with Gasteiger partial charge in [0.15, 0.2) is 0 Å². The monoisotopic (exact) mass is 305 g/mol. The zero-order chi connectivity index (χ0) is 14.9. The fourth-order valence-corrected chi connectivity index (χ4v) is 1.76. The average Bonchev–Trinajstić information content (AvgIpc) is 2.29. The molecule has 1 N–H and O–H groups in total. The second-order valence-electron chi connectivity index (χ2n) is 3.94. The Balaban J connectivity index is 2.37. The molecule has 106 valence electrons. The molecule has 1 aromatic heterocycles. The summed E-state index contributed by atoms with van der Waals surface area (Å²) in [7, 11) is 0. The standard InChI is InChI=1S/C12H8ClF4N3/c1-6-18-10(13)5-11(19-6)20-9-4-7(12(15,16)17)2-3-8(9)14/h2-5H,1H3,(H,18,19,20). The fourth-order valence-electron chi connectivity index (χ4n) is 1.53. The van der Waals surface area contributed by atoms with E-state index in [0.717, 1.165) is 6.07 Å². The van der Waals surface area contributed by atoms with Gasteiger partial charge in [-0.2, -0.15) is 13.2 Å². The molecule has 0 aliphatic rings. The molecule has 0 atom stereocenters. The van der Waals surface area contributed by atoms with Crippen LogP contribution in [0.25, 0.3) is 0 Å². The van der Waals surface area contributed by atoms with Crippen molar-refractivity contribution < 1.29 is 17.6 Å². The minimum absolute atomic E-state index is 0.104. The molecule has 0 aliphatic heterocycles. The van der Waals surface area contributed by atoms with Gasteiger partial charge in [-0.15, -0.1) is 0 Å². The predicted octanol–water partition coefficient (Wildman–Crippen LogP) is 4.34. The second-order valence-corrected chi connectivity index (χ2v) is 4.33. The summed E-state index contributed by atoms with van der Waals surface area (Å²) >= 11 is 5.70. The lowest BCUT2D eigenvalue weighted by Gasteiger charge is -2.11. The Bertz CT molecular complexity index is 623. The molecule has 20 heavy (non-hydrogen) atoms. The van der Waals surface area contributed by atoms with Crippen LogP contribution in [0.5, 0.6) is 0 Å². The molecule has 0 aliphatic carbocycles. The SMILES string of the molecule is Cc1nc(Cl)cc(Nc2cc(C(F)(F)F)ccc2F)n1. The van der Waals surface area contributed by atoms with Crippen molar-refractivity contribution in [3.05, 3.63) is 46.6 Å². The Hall–Kier alpha value is -1.89. The average molecular weight is 306 g/mol. The molecule has 8 heteroatoms. The van der Waals surface area contributed by atoms with E-state index >= 15 is 0 Å². The van der Waals surface area contributed by atoms with Crippen molar-refractivity contribution in [2.24, 2.45) is 0 Å². The number of hydrogen-bond donors (Lipinski definition) is 1. The van der Waals surface area contributed by atoms with E-state index in [1.54, 1.807) is 6.92 Å². The number of aryl methyl sites for hydroxylation is 1. The predicted molar refractivity (Wildman–Crippen MR) is 66.5 cm³/mol. The molecule has 0 amide bonds. The largest absolute Gasteiger partial charge is 0.416 e. The zero-order valence-corrected chi connectivity index (χ0v) is 10.8. The summed E-state index contributed by atoms with van der Waals surface area (Å²) in [6, 6.07) is 3.36. The molecule has 0 spiro atoms. The van der Waals surface area contributed by atoms with Gasteiger partial charge in [0.2, 0.25) is 0 Å². The van der Waals surface area contributed by atoms with E-state index in [2.05, 4.69) is 15.3 Å². The Kier molecular flexibility index (Phi) is 3.80. The van der Waals surface area contributed by atoms with Gasteiger partial charge < -0.3 is 5.32 Å². The molecular weight excluding hydrogens is 298 g/mol. The van der Waals surface area contributed by atoms with Crippen molar-refractivity contribution in [3.8, 4) is 0 Å². The number of aromatic nitrogens is 2. The topological polar surface area (TPSA) is 37.8 Å². The molecule has 0 bridgehead atoms. The van der Waals surface area contributed by atoms with E-state index in [4.69, 9.17) is 11.6 Å². The van der Waals surface area contributed by atoms with Crippen LogP contribution in [0.4, 0.5) is 29.1 Å². The van der Waals surface area contributed by atoms with Crippen LogP contribution in [0, 0.1) is 12.7 Å². The van der Waals surface area contributed by atoms with Crippen LogP contribution >= 0.6 is 11.6 Å². The van der Waals surface area contributed by atoms with Crippen LogP contribution in [0.15, 0.2) is 24.3 Å². The normalized spacial score (nSPS) is 11.5. The summed E-state index contributed by atoms with van der Waals surface area (Å²) in [6.45, 7) is 1.56.